The van der Waals surface area contributed by atoms with Gasteiger partial charge in [0.25, 0.3) is 5.56 Å². The Morgan fingerprint density at radius 3 is 2.60 bits per heavy atom. The van der Waals surface area contributed by atoms with Crippen molar-refractivity contribution >= 4 is 50.3 Å². The molecule has 1 aromatic heterocycles. The molecular weight excluding hydrogens is 536 g/mol. The lowest BCUT2D eigenvalue weighted by atomic mass is 10.2. The number of rotatable bonds is 7. The predicted octanol–water partition coefficient (Wildman–Crippen LogP) is 6.31. The molecule has 8 nitrogen and oxygen atoms in total. The Bertz CT molecular complexity index is 1500. The molecule has 0 bridgehead atoms. The van der Waals surface area contributed by atoms with Gasteiger partial charge in [0.1, 0.15) is 12.4 Å². The number of aromatic nitrogens is 2. The van der Waals surface area contributed by atoms with Gasteiger partial charge in [-0.15, -0.1) is 0 Å². The maximum Gasteiger partial charge on any atom is 0.311 e. The summed E-state index contributed by atoms with van der Waals surface area (Å²) >= 11 is 9.27. The molecule has 0 unspecified atom stereocenters. The van der Waals surface area contributed by atoms with Gasteiger partial charge in [-0.05, 0) is 48.0 Å². The highest BCUT2D eigenvalue weighted by Crippen LogP contribution is 2.28. The first-order valence-electron chi connectivity index (χ1n) is 10.6. The van der Waals surface area contributed by atoms with Crippen molar-refractivity contribution in [2.45, 2.75) is 26.4 Å². The van der Waals surface area contributed by atoms with Crippen LogP contribution in [-0.4, -0.2) is 20.8 Å². The molecule has 0 aliphatic rings. The van der Waals surface area contributed by atoms with E-state index in [-0.39, 0.29) is 29.5 Å². The fourth-order valence-electron chi connectivity index (χ4n) is 3.40. The zero-order chi connectivity index (χ0) is 25.1. The van der Waals surface area contributed by atoms with Crippen molar-refractivity contribution in [3.63, 3.8) is 0 Å². The molecule has 0 saturated carbocycles. The van der Waals surface area contributed by atoms with Gasteiger partial charge in [0.15, 0.2) is 5.75 Å². The number of hydrogen-bond donors (Lipinski definition) is 0. The van der Waals surface area contributed by atoms with Crippen LogP contribution in [0.4, 0.5) is 5.69 Å². The first-order chi connectivity index (χ1) is 16.7. The zero-order valence-corrected chi connectivity index (χ0v) is 21.2. The third-order valence-electron chi connectivity index (χ3n) is 5.16. The molecule has 0 aliphatic heterocycles. The molecule has 0 fully saturated rings. The van der Waals surface area contributed by atoms with Gasteiger partial charge in [0, 0.05) is 27.0 Å². The number of fused-ring (bicyclic) bond motifs is 1. The van der Waals surface area contributed by atoms with Crippen LogP contribution in [0.1, 0.15) is 36.7 Å². The second-order valence-corrected chi connectivity index (χ2v) is 9.40. The standard InChI is InChI=1S/C25H20BrClN4O4/c1-15(2)24-29-21-9-6-18(26)12-20(21)25(32)30(24)28-13-17-5-10-23(22(11-17)31(33)34)35-14-16-3-7-19(27)8-4-16/h3-13,15H,14H2,1-2H3. The summed E-state index contributed by atoms with van der Waals surface area (Å²) < 4.78 is 7.66. The molecule has 3 aromatic carbocycles. The highest BCUT2D eigenvalue weighted by Gasteiger charge is 2.17. The molecule has 4 rings (SSSR count). The van der Waals surface area contributed by atoms with E-state index in [1.165, 1.54) is 23.0 Å². The monoisotopic (exact) mass is 554 g/mol. The van der Waals surface area contributed by atoms with Crippen molar-refractivity contribution in [2.24, 2.45) is 5.10 Å². The van der Waals surface area contributed by atoms with Gasteiger partial charge in [0.2, 0.25) is 0 Å². The van der Waals surface area contributed by atoms with E-state index in [9.17, 15) is 14.9 Å². The second kappa shape index (κ2) is 10.4. The van der Waals surface area contributed by atoms with Gasteiger partial charge in [-0.2, -0.15) is 9.78 Å². The molecular formula is C25H20BrClN4O4. The van der Waals surface area contributed by atoms with Crippen LogP contribution in [-0.2, 0) is 6.61 Å². The highest BCUT2D eigenvalue weighted by atomic mass is 79.9. The van der Waals surface area contributed by atoms with Gasteiger partial charge in [-0.3, -0.25) is 14.9 Å². The molecule has 0 spiro atoms. The highest BCUT2D eigenvalue weighted by molar-refractivity contribution is 9.10. The molecule has 0 N–H and O–H groups in total. The third kappa shape index (κ3) is 5.58. The van der Waals surface area contributed by atoms with Crippen LogP contribution >= 0.6 is 27.5 Å². The molecule has 0 radical (unpaired) electrons. The number of benzene rings is 3. The van der Waals surface area contributed by atoms with Crippen LogP contribution in [0.5, 0.6) is 5.75 Å². The van der Waals surface area contributed by atoms with E-state index >= 15 is 0 Å². The molecule has 0 saturated heterocycles. The molecule has 0 aliphatic carbocycles. The predicted molar refractivity (Wildman–Crippen MR) is 140 cm³/mol. The number of halogens is 2. The van der Waals surface area contributed by atoms with E-state index in [1.807, 2.05) is 19.9 Å². The van der Waals surface area contributed by atoms with Gasteiger partial charge >= 0.3 is 5.69 Å². The fourth-order valence-corrected chi connectivity index (χ4v) is 3.88. The SMILES string of the molecule is CC(C)c1nc2ccc(Br)cc2c(=O)n1N=Cc1ccc(OCc2ccc(Cl)cc2)c([N+](=O)[O-])c1. The number of nitro benzene ring substituents is 1. The summed E-state index contributed by atoms with van der Waals surface area (Å²) in [6, 6.07) is 16.8. The van der Waals surface area contributed by atoms with Crippen molar-refractivity contribution in [3.05, 3.63) is 108 Å². The Labute approximate surface area is 214 Å². The number of nitrogens with zero attached hydrogens (tertiary/aromatic N) is 4. The average molecular weight is 556 g/mol. The third-order valence-corrected chi connectivity index (χ3v) is 5.90. The Morgan fingerprint density at radius 2 is 1.91 bits per heavy atom. The van der Waals surface area contributed by atoms with E-state index in [1.54, 1.807) is 42.5 Å². The Kier molecular flexibility index (Phi) is 7.28. The van der Waals surface area contributed by atoms with Crippen LogP contribution in [0.25, 0.3) is 10.9 Å². The first-order valence-corrected chi connectivity index (χ1v) is 11.8. The summed E-state index contributed by atoms with van der Waals surface area (Å²) in [6.45, 7) is 3.98. The van der Waals surface area contributed by atoms with Gasteiger partial charge < -0.3 is 4.74 Å². The quantitative estimate of drug-likeness (QED) is 0.151. The van der Waals surface area contributed by atoms with E-state index in [2.05, 4.69) is 26.0 Å². The van der Waals surface area contributed by atoms with Gasteiger partial charge in [0.05, 0.1) is 22.0 Å². The Hall–Kier alpha value is -3.56. The van der Waals surface area contributed by atoms with Crippen molar-refractivity contribution in [1.29, 1.82) is 0 Å². The van der Waals surface area contributed by atoms with Crippen molar-refractivity contribution in [1.82, 2.24) is 9.66 Å². The molecule has 10 heteroatoms. The smallest absolute Gasteiger partial charge is 0.311 e. The van der Waals surface area contributed by atoms with Crippen LogP contribution in [0.2, 0.25) is 5.02 Å². The van der Waals surface area contributed by atoms with Crippen LogP contribution in [0.15, 0.2) is 75.0 Å². The summed E-state index contributed by atoms with van der Waals surface area (Å²) in [5, 5.41) is 17.0. The van der Waals surface area contributed by atoms with E-state index in [0.29, 0.717) is 27.3 Å². The maximum atomic E-state index is 13.1. The molecule has 0 amide bonds. The minimum Gasteiger partial charge on any atom is -0.482 e. The van der Waals surface area contributed by atoms with Gasteiger partial charge in [-0.1, -0.05) is 53.5 Å². The number of nitro groups is 1. The largest absolute Gasteiger partial charge is 0.482 e. The molecule has 178 valence electrons. The average Bonchev–Trinajstić information content (AvgIpc) is 2.83. The minimum atomic E-state index is -0.518. The summed E-state index contributed by atoms with van der Waals surface area (Å²) in [5.41, 5.74) is 1.30. The summed E-state index contributed by atoms with van der Waals surface area (Å²) in [7, 11) is 0. The van der Waals surface area contributed by atoms with Gasteiger partial charge in [-0.25, -0.2) is 4.98 Å². The normalized spacial score (nSPS) is 11.5. The molecule has 4 aromatic rings. The van der Waals surface area contributed by atoms with Crippen LogP contribution in [0, 0.1) is 10.1 Å². The number of ether oxygens (including phenoxy) is 1. The lowest BCUT2D eigenvalue weighted by Gasteiger charge is -2.12. The summed E-state index contributed by atoms with van der Waals surface area (Å²) in [6.07, 6.45) is 1.40. The van der Waals surface area contributed by atoms with E-state index < -0.39 is 4.92 Å². The van der Waals surface area contributed by atoms with E-state index in [4.69, 9.17) is 16.3 Å². The molecule has 35 heavy (non-hydrogen) atoms. The molecule has 1 heterocycles. The first kappa shape index (κ1) is 24.6. The Balaban J connectivity index is 1.67. The molecule has 0 atom stereocenters. The summed E-state index contributed by atoms with van der Waals surface area (Å²) in [5.74, 6) is 0.531. The Morgan fingerprint density at radius 1 is 1.17 bits per heavy atom. The van der Waals surface area contributed by atoms with Crippen molar-refractivity contribution in [2.75, 3.05) is 0 Å². The lowest BCUT2D eigenvalue weighted by Crippen LogP contribution is -2.23. The van der Waals surface area contributed by atoms with E-state index in [0.717, 1.165) is 10.0 Å². The topological polar surface area (TPSA) is 99.6 Å². The fraction of sp³-hybridized carbons (Fsp3) is 0.160. The lowest BCUT2D eigenvalue weighted by molar-refractivity contribution is -0.385. The maximum absolute atomic E-state index is 13.1. The van der Waals surface area contributed by atoms with Crippen molar-refractivity contribution < 1.29 is 9.66 Å². The zero-order valence-electron chi connectivity index (χ0n) is 18.8. The van der Waals surface area contributed by atoms with Crippen LogP contribution in [0.3, 0.4) is 0 Å². The minimum absolute atomic E-state index is 0.0779. The van der Waals surface area contributed by atoms with Crippen molar-refractivity contribution in [3.8, 4) is 5.75 Å². The second-order valence-electron chi connectivity index (χ2n) is 8.05. The number of hydrogen-bond acceptors (Lipinski definition) is 6. The summed E-state index contributed by atoms with van der Waals surface area (Å²) in [4.78, 5) is 28.9. The van der Waals surface area contributed by atoms with Crippen LogP contribution < -0.4 is 10.3 Å².